The number of aryl methyl sites for hydroxylation is 1. The molecule has 0 aliphatic carbocycles. The van der Waals surface area contributed by atoms with Crippen molar-refractivity contribution in [1.82, 2.24) is 0 Å². The maximum atomic E-state index is 11.8. The number of thiophene rings is 1. The van der Waals surface area contributed by atoms with Gasteiger partial charge in [0.15, 0.2) is 0 Å². The van der Waals surface area contributed by atoms with Crippen LogP contribution in [-0.2, 0) is 16.0 Å². The summed E-state index contributed by atoms with van der Waals surface area (Å²) >= 11 is 1.13. The Hall–Kier alpha value is -1.61. The summed E-state index contributed by atoms with van der Waals surface area (Å²) in [7, 11) is 0. The third kappa shape index (κ3) is 6.13. The van der Waals surface area contributed by atoms with Gasteiger partial charge in [-0.1, -0.05) is 6.92 Å². The number of halogens is 3. The van der Waals surface area contributed by atoms with Crippen molar-refractivity contribution in [2.45, 2.75) is 25.9 Å². The molecule has 5 nitrogen and oxygen atoms in total. The number of nitrogens with one attached hydrogen (secondary N) is 1. The summed E-state index contributed by atoms with van der Waals surface area (Å²) in [5.74, 6) is -1.77. The lowest BCUT2D eigenvalue weighted by Gasteiger charge is -2.07. The topological polar surface area (TPSA) is 75.6 Å². The summed E-state index contributed by atoms with van der Waals surface area (Å²) < 4.78 is 39.8. The van der Waals surface area contributed by atoms with Crippen LogP contribution in [0.15, 0.2) is 6.07 Å². The molecule has 0 aliphatic rings. The van der Waals surface area contributed by atoms with Crippen LogP contribution >= 0.6 is 11.3 Å². The zero-order valence-corrected chi connectivity index (χ0v) is 11.9. The highest BCUT2D eigenvalue weighted by atomic mass is 32.1. The number of amides is 1. The van der Waals surface area contributed by atoms with Crippen LogP contribution < -0.4 is 5.32 Å². The molecular weight excluding hydrogens is 311 g/mol. The summed E-state index contributed by atoms with van der Waals surface area (Å²) in [5, 5.41) is 11.6. The Balaban J connectivity index is 2.51. The molecule has 118 valence electrons. The zero-order chi connectivity index (χ0) is 16.0. The molecule has 0 bridgehead atoms. The van der Waals surface area contributed by atoms with Crippen molar-refractivity contribution in [2.75, 3.05) is 18.5 Å². The molecular formula is C12H14F3NO4S. The van der Waals surface area contributed by atoms with Crippen molar-refractivity contribution in [3.05, 3.63) is 16.5 Å². The number of alkyl halides is 3. The summed E-state index contributed by atoms with van der Waals surface area (Å²) in [6.45, 7) is 0.0352. The highest BCUT2D eigenvalue weighted by molar-refractivity contribution is 7.16. The van der Waals surface area contributed by atoms with Crippen molar-refractivity contribution in [1.29, 1.82) is 0 Å². The van der Waals surface area contributed by atoms with Gasteiger partial charge in [0.2, 0.25) is 5.91 Å². The third-order valence-electron chi connectivity index (χ3n) is 2.35. The number of carboxylic acids is 1. The summed E-state index contributed by atoms with van der Waals surface area (Å²) in [5.41, 5.74) is -0.0265. The second-order valence-corrected chi connectivity index (χ2v) is 5.22. The van der Waals surface area contributed by atoms with E-state index in [-0.39, 0.29) is 23.6 Å². The van der Waals surface area contributed by atoms with E-state index in [0.717, 1.165) is 16.2 Å². The molecule has 0 aliphatic heterocycles. The molecule has 1 aromatic rings. The second kappa shape index (κ2) is 7.41. The molecule has 2 N–H and O–H groups in total. The van der Waals surface area contributed by atoms with Crippen molar-refractivity contribution in [2.24, 2.45) is 0 Å². The fourth-order valence-corrected chi connectivity index (χ4v) is 2.41. The average Bonchev–Trinajstić information content (AvgIpc) is 2.77. The van der Waals surface area contributed by atoms with Gasteiger partial charge in [0.05, 0.1) is 18.6 Å². The summed E-state index contributed by atoms with van der Waals surface area (Å²) in [6, 6.07) is 1.46. The van der Waals surface area contributed by atoms with Gasteiger partial charge in [-0.25, -0.2) is 4.79 Å². The largest absolute Gasteiger partial charge is 0.478 e. The van der Waals surface area contributed by atoms with E-state index in [1.165, 1.54) is 6.07 Å². The quantitative estimate of drug-likeness (QED) is 0.756. The van der Waals surface area contributed by atoms with E-state index in [4.69, 9.17) is 5.11 Å². The minimum atomic E-state index is -4.43. The van der Waals surface area contributed by atoms with Crippen LogP contribution in [0, 0.1) is 0 Å². The number of ether oxygens (including phenoxy) is 1. The minimum Gasteiger partial charge on any atom is -0.478 e. The Bertz CT molecular complexity index is 513. The zero-order valence-electron chi connectivity index (χ0n) is 11.1. The average molecular weight is 325 g/mol. The van der Waals surface area contributed by atoms with Crippen molar-refractivity contribution < 1.29 is 32.6 Å². The number of carbonyl (C=O) groups excluding carboxylic acids is 1. The van der Waals surface area contributed by atoms with Gasteiger partial charge in [-0.3, -0.25) is 4.79 Å². The first-order chi connectivity index (χ1) is 9.73. The molecule has 9 heteroatoms. The molecule has 0 radical (unpaired) electrons. The van der Waals surface area contributed by atoms with Crippen molar-refractivity contribution >= 4 is 28.2 Å². The Kier molecular flexibility index (Phi) is 6.16. The van der Waals surface area contributed by atoms with Gasteiger partial charge in [0, 0.05) is 4.88 Å². The van der Waals surface area contributed by atoms with Gasteiger partial charge in [-0.05, 0) is 12.5 Å². The maximum absolute atomic E-state index is 11.8. The number of aromatic carboxylic acids is 1. The predicted octanol–water partition coefficient (Wildman–Crippen LogP) is 2.92. The first-order valence-corrected chi connectivity index (χ1v) is 6.85. The Morgan fingerprint density at radius 3 is 2.62 bits per heavy atom. The summed E-state index contributed by atoms with van der Waals surface area (Å²) in [4.78, 5) is 23.3. The molecule has 0 atom stereocenters. The number of rotatable bonds is 7. The van der Waals surface area contributed by atoms with E-state index < -0.39 is 24.7 Å². The smallest absolute Gasteiger partial charge is 0.411 e. The fraction of sp³-hybridized carbons (Fsp3) is 0.500. The molecule has 1 aromatic heterocycles. The SMILES string of the molecule is CCc1cc(C(=O)O)c(NC(=O)CCOCC(F)(F)F)s1. The van der Waals surface area contributed by atoms with Gasteiger partial charge in [-0.15, -0.1) is 11.3 Å². The normalized spacial score (nSPS) is 11.4. The van der Waals surface area contributed by atoms with E-state index in [2.05, 4.69) is 10.1 Å². The van der Waals surface area contributed by atoms with E-state index >= 15 is 0 Å². The van der Waals surface area contributed by atoms with Crippen LogP contribution in [0.5, 0.6) is 0 Å². The van der Waals surface area contributed by atoms with Gasteiger partial charge in [0.25, 0.3) is 0 Å². The molecule has 0 saturated carbocycles. The van der Waals surface area contributed by atoms with Crippen molar-refractivity contribution in [3.8, 4) is 0 Å². The molecule has 1 heterocycles. The maximum Gasteiger partial charge on any atom is 0.411 e. The highest BCUT2D eigenvalue weighted by Gasteiger charge is 2.27. The molecule has 0 saturated heterocycles. The number of hydrogen-bond acceptors (Lipinski definition) is 4. The molecule has 0 fully saturated rings. The van der Waals surface area contributed by atoms with Crippen LogP contribution in [0.1, 0.15) is 28.6 Å². The standard InChI is InChI=1S/C12H14F3NO4S/c1-2-7-5-8(11(18)19)10(21-7)16-9(17)3-4-20-6-12(13,14)15/h5H,2-4,6H2,1H3,(H,16,17)(H,18,19). The van der Waals surface area contributed by atoms with E-state index in [1.807, 2.05) is 6.92 Å². The Morgan fingerprint density at radius 2 is 2.10 bits per heavy atom. The van der Waals surface area contributed by atoms with Crippen LogP contribution in [0.25, 0.3) is 0 Å². The van der Waals surface area contributed by atoms with E-state index in [9.17, 15) is 22.8 Å². The number of carboxylic acid groups (broad SMARTS) is 1. The van der Waals surface area contributed by atoms with Gasteiger partial charge in [0.1, 0.15) is 11.6 Å². The molecule has 0 spiro atoms. The highest BCUT2D eigenvalue weighted by Crippen LogP contribution is 2.28. The molecule has 1 amide bonds. The first kappa shape index (κ1) is 17.4. The van der Waals surface area contributed by atoms with E-state index in [0.29, 0.717) is 6.42 Å². The van der Waals surface area contributed by atoms with Gasteiger partial charge < -0.3 is 15.2 Å². The first-order valence-electron chi connectivity index (χ1n) is 6.03. The van der Waals surface area contributed by atoms with Gasteiger partial charge >= 0.3 is 12.1 Å². The number of anilines is 1. The Labute approximate surface area is 122 Å². The van der Waals surface area contributed by atoms with Crippen LogP contribution in [0.3, 0.4) is 0 Å². The lowest BCUT2D eigenvalue weighted by atomic mass is 10.2. The monoisotopic (exact) mass is 325 g/mol. The number of hydrogen-bond donors (Lipinski definition) is 2. The molecule has 0 unspecified atom stereocenters. The predicted molar refractivity (Wildman–Crippen MR) is 70.8 cm³/mol. The van der Waals surface area contributed by atoms with Crippen molar-refractivity contribution in [3.63, 3.8) is 0 Å². The Morgan fingerprint density at radius 1 is 1.43 bits per heavy atom. The lowest BCUT2D eigenvalue weighted by Crippen LogP contribution is -2.20. The molecule has 0 aromatic carbocycles. The van der Waals surface area contributed by atoms with Crippen LogP contribution in [0.2, 0.25) is 0 Å². The minimum absolute atomic E-state index is 0.0265. The molecule has 21 heavy (non-hydrogen) atoms. The lowest BCUT2D eigenvalue weighted by molar-refractivity contribution is -0.174. The summed E-state index contributed by atoms with van der Waals surface area (Å²) in [6.07, 6.45) is -4.10. The van der Waals surface area contributed by atoms with E-state index in [1.54, 1.807) is 0 Å². The van der Waals surface area contributed by atoms with Crippen LogP contribution in [-0.4, -0.2) is 36.4 Å². The molecule has 1 rings (SSSR count). The fourth-order valence-electron chi connectivity index (χ4n) is 1.41. The second-order valence-electron chi connectivity index (χ2n) is 4.08. The number of carbonyl (C=O) groups is 2. The van der Waals surface area contributed by atoms with Crippen LogP contribution in [0.4, 0.5) is 18.2 Å². The third-order valence-corrected chi connectivity index (χ3v) is 3.55. The van der Waals surface area contributed by atoms with Gasteiger partial charge in [-0.2, -0.15) is 13.2 Å².